The summed E-state index contributed by atoms with van der Waals surface area (Å²) in [5, 5.41) is 0. The summed E-state index contributed by atoms with van der Waals surface area (Å²) in [5.74, 6) is 0.753. The van der Waals surface area contributed by atoms with Crippen LogP contribution in [0.3, 0.4) is 0 Å². The number of rotatable bonds is 11. The molecule has 0 heterocycles. The van der Waals surface area contributed by atoms with Crippen molar-refractivity contribution in [1.82, 2.24) is 4.72 Å². The molecule has 4 atom stereocenters. The van der Waals surface area contributed by atoms with Gasteiger partial charge in [0, 0.05) is 0 Å². The molecule has 0 fully saturated rings. The third kappa shape index (κ3) is 7.35. The van der Waals surface area contributed by atoms with Crippen LogP contribution in [0.15, 0.2) is 142 Å². The van der Waals surface area contributed by atoms with E-state index in [9.17, 15) is 8.42 Å². The van der Waals surface area contributed by atoms with Gasteiger partial charge in [-0.25, -0.2) is 0 Å². The minimum absolute atomic E-state index is 0.107. The molecule has 42 heavy (non-hydrogen) atoms. The van der Waals surface area contributed by atoms with Crippen molar-refractivity contribution < 1.29 is 13.2 Å². The van der Waals surface area contributed by atoms with Crippen molar-refractivity contribution in [2.45, 2.75) is 39.4 Å². The summed E-state index contributed by atoms with van der Waals surface area (Å²) in [7, 11) is -1.22. The molecule has 5 aromatic rings. The molecule has 5 aromatic carbocycles. The Morgan fingerprint density at radius 2 is 1.24 bits per heavy atom. The number of hydrogen-bond donors (Lipinski definition) is 1. The van der Waals surface area contributed by atoms with Crippen molar-refractivity contribution in [1.29, 1.82) is 0 Å². The molecule has 0 amide bonds. The van der Waals surface area contributed by atoms with Crippen molar-refractivity contribution in [2.75, 3.05) is 7.11 Å². The van der Waals surface area contributed by atoms with E-state index in [0.29, 0.717) is 4.90 Å². The molecule has 0 aliphatic heterocycles. The van der Waals surface area contributed by atoms with E-state index in [0.717, 1.165) is 37.8 Å². The first kappa shape index (κ1) is 30.1. The van der Waals surface area contributed by atoms with E-state index in [-0.39, 0.29) is 25.8 Å². The average Bonchev–Trinajstić information content (AvgIpc) is 3.03. The Morgan fingerprint density at radius 3 is 1.86 bits per heavy atom. The van der Waals surface area contributed by atoms with Gasteiger partial charge in [-0.3, -0.25) is 0 Å². The van der Waals surface area contributed by atoms with Crippen molar-refractivity contribution in [3.8, 4) is 5.75 Å². The van der Waals surface area contributed by atoms with E-state index in [4.69, 9.17) is 4.74 Å². The van der Waals surface area contributed by atoms with Gasteiger partial charge < -0.3 is 0 Å². The number of methoxy groups -OCH3 is 1. The molecular weight excluding hydrogens is 625 g/mol. The maximum atomic E-state index is 14.1. The number of ether oxygens (including phenoxy) is 1. The van der Waals surface area contributed by atoms with Crippen LogP contribution in [-0.2, 0) is 21.8 Å². The fourth-order valence-corrected chi connectivity index (χ4v) is 9.95. The average molecular weight is 659 g/mol. The molecule has 1 N–H and O–H groups in total. The molecule has 0 bridgehead atoms. The number of aryl methyl sites for hydroxylation is 2. The van der Waals surface area contributed by atoms with Crippen LogP contribution in [0.1, 0.15) is 33.1 Å². The molecule has 0 saturated heterocycles. The topological polar surface area (TPSA) is 55.4 Å². The number of nitrogens with one attached hydrogen (secondary N) is 1. The number of hydrogen-bond acceptors (Lipinski definition) is 3. The standard InChI is InChI=1S/C35H33NO3S2Se/c1-25-13-21-29(22-14-25)40(37)33-12-8-7-11-32(33)35(42-31-9-5-4-6-10-31)34(27-17-19-28(39-3)20-18-27)36-41(38)30-23-15-26(2)16-24-30/h4-24,34-36H,1-3H3/t34-,35+,40+,41+/m1/s1. The van der Waals surface area contributed by atoms with E-state index < -0.39 is 21.8 Å². The van der Waals surface area contributed by atoms with Gasteiger partial charge in [0.25, 0.3) is 0 Å². The fourth-order valence-electron chi connectivity index (χ4n) is 4.59. The van der Waals surface area contributed by atoms with Gasteiger partial charge in [-0.15, -0.1) is 0 Å². The third-order valence-electron chi connectivity index (χ3n) is 6.91. The van der Waals surface area contributed by atoms with E-state index in [1.54, 1.807) is 7.11 Å². The summed E-state index contributed by atoms with van der Waals surface area (Å²) < 4.78 is 38.1. The monoisotopic (exact) mass is 659 g/mol. The van der Waals surface area contributed by atoms with Gasteiger partial charge in [-0.05, 0) is 0 Å². The van der Waals surface area contributed by atoms with Gasteiger partial charge in [-0.1, -0.05) is 0 Å². The van der Waals surface area contributed by atoms with Gasteiger partial charge in [0.2, 0.25) is 0 Å². The zero-order valence-corrected chi connectivity index (χ0v) is 27.1. The molecular formula is C35H33NO3S2Se. The van der Waals surface area contributed by atoms with Gasteiger partial charge in [0.15, 0.2) is 0 Å². The summed E-state index contributed by atoms with van der Waals surface area (Å²) in [4.78, 5) is 2.11. The van der Waals surface area contributed by atoms with E-state index >= 15 is 0 Å². The van der Waals surface area contributed by atoms with Crippen LogP contribution in [0.5, 0.6) is 5.75 Å². The van der Waals surface area contributed by atoms with Crippen LogP contribution in [0.2, 0.25) is 0 Å². The van der Waals surface area contributed by atoms with Crippen molar-refractivity contribution in [2.24, 2.45) is 0 Å². The van der Waals surface area contributed by atoms with Crippen molar-refractivity contribution in [3.63, 3.8) is 0 Å². The molecule has 7 heteroatoms. The van der Waals surface area contributed by atoms with Crippen molar-refractivity contribution in [3.05, 3.63) is 150 Å². The molecule has 0 aliphatic carbocycles. The van der Waals surface area contributed by atoms with Gasteiger partial charge in [0.05, 0.1) is 0 Å². The quantitative estimate of drug-likeness (QED) is 0.163. The first-order chi connectivity index (χ1) is 20.4. The molecule has 0 saturated carbocycles. The van der Waals surface area contributed by atoms with Crippen LogP contribution < -0.4 is 13.9 Å². The first-order valence-electron chi connectivity index (χ1n) is 13.6. The zero-order chi connectivity index (χ0) is 29.5. The predicted octanol–water partition coefficient (Wildman–Crippen LogP) is 6.60. The number of benzene rings is 5. The van der Waals surface area contributed by atoms with Gasteiger partial charge in [0.1, 0.15) is 0 Å². The Bertz CT molecular complexity index is 1660. The van der Waals surface area contributed by atoms with Crippen LogP contribution in [0, 0.1) is 13.8 Å². The summed E-state index contributed by atoms with van der Waals surface area (Å²) in [6.45, 7) is 4.04. The summed E-state index contributed by atoms with van der Waals surface area (Å²) in [6.07, 6.45) is 0. The summed E-state index contributed by atoms with van der Waals surface area (Å²) >= 11 is -0.107. The SMILES string of the molecule is COc1ccc([C@@H](N[S@@](=O)c2ccc(C)cc2)[C@@H]([Se]c2ccccc2)c2ccccc2[S@@](=O)c2ccc(C)cc2)cc1. The Kier molecular flexibility index (Phi) is 10.2. The van der Waals surface area contributed by atoms with Crippen molar-refractivity contribution >= 4 is 41.2 Å². The maximum absolute atomic E-state index is 14.1. The molecule has 5 rings (SSSR count). The zero-order valence-electron chi connectivity index (χ0n) is 23.7. The van der Waals surface area contributed by atoms with Gasteiger partial charge >= 0.3 is 261 Å². The second kappa shape index (κ2) is 14.2. The van der Waals surface area contributed by atoms with Crippen LogP contribution >= 0.6 is 0 Å². The van der Waals surface area contributed by atoms with E-state index in [2.05, 4.69) is 22.9 Å². The summed E-state index contributed by atoms with van der Waals surface area (Å²) in [5.41, 5.74) is 4.20. The molecule has 214 valence electrons. The Hall–Kier alpha value is -3.32. The third-order valence-corrected chi connectivity index (χ3v) is 12.3. The second-order valence-electron chi connectivity index (χ2n) is 9.92. The molecule has 0 unspecified atom stereocenters. The molecule has 0 aromatic heterocycles. The van der Waals surface area contributed by atoms with Crippen LogP contribution in [0.4, 0.5) is 0 Å². The molecule has 4 nitrogen and oxygen atoms in total. The predicted molar refractivity (Wildman–Crippen MR) is 173 cm³/mol. The van der Waals surface area contributed by atoms with Crippen LogP contribution in [-0.4, -0.2) is 30.5 Å². The Labute approximate surface area is 259 Å². The van der Waals surface area contributed by atoms with E-state index in [1.807, 2.05) is 123 Å². The molecule has 0 spiro atoms. The second-order valence-corrected chi connectivity index (χ2v) is 15.2. The first-order valence-corrected chi connectivity index (χ1v) is 17.7. The molecule has 0 aliphatic rings. The minimum atomic E-state index is -1.48. The Morgan fingerprint density at radius 1 is 0.667 bits per heavy atom. The normalized spacial score (nSPS) is 14.1. The Balaban J connectivity index is 1.64. The van der Waals surface area contributed by atoms with Gasteiger partial charge in [-0.2, -0.15) is 0 Å². The van der Waals surface area contributed by atoms with E-state index in [1.165, 1.54) is 4.46 Å². The molecule has 0 radical (unpaired) electrons. The summed E-state index contributed by atoms with van der Waals surface area (Å²) in [6, 6.07) is 41.5. The fraction of sp³-hybridized carbons (Fsp3) is 0.143. The van der Waals surface area contributed by atoms with Crippen LogP contribution in [0.25, 0.3) is 0 Å².